The first kappa shape index (κ1) is 38.5. The molecule has 0 N–H and O–H groups in total. The Morgan fingerprint density at radius 1 is 0.444 bits per heavy atom. The monoisotopic (exact) mass is 611 g/mol. The highest BCUT2D eigenvalue weighted by Crippen LogP contribution is 2.20. The lowest BCUT2D eigenvalue weighted by Crippen LogP contribution is -1.86. The first-order valence-corrected chi connectivity index (χ1v) is 19.1. The van der Waals surface area contributed by atoms with Crippen molar-refractivity contribution in [3.05, 3.63) is 60.2 Å². The molecule has 45 heavy (non-hydrogen) atoms. The Balaban J connectivity index is 1.33. The van der Waals surface area contributed by atoms with Gasteiger partial charge in [-0.25, -0.2) is 0 Å². The van der Waals surface area contributed by atoms with Crippen LogP contribution >= 0.6 is 0 Å². The normalized spacial score (nSPS) is 11.4. The van der Waals surface area contributed by atoms with Crippen molar-refractivity contribution in [3.63, 3.8) is 0 Å². The van der Waals surface area contributed by atoms with Crippen LogP contribution in [0, 0.1) is 11.8 Å². The largest absolute Gasteiger partial charge is 0.255 e. The van der Waals surface area contributed by atoms with Crippen molar-refractivity contribution >= 4 is 23.8 Å². The average Bonchev–Trinajstić information content (AvgIpc) is 3.07. The fourth-order valence-corrected chi connectivity index (χ4v) is 5.97. The van der Waals surface area contributed by atoms with Gasteiger partial charge in [-0.2, -0.15) is 0 Å². The summed E-state index contributed by atoms with van der Waals surface area (Å²) < 4.78 is 0. The molecule has 0 aromatic heterocycles. The molecule has 0 heterocycles. The molecule has 0 amide bonds. The van der Waals surface area contributed by atoms with Gasteiger partial charge in [-0.15, -0.1) is 11.8 Å². The molecule has 0 unspecified atom stereocenters. The summed E-state index contributed by atoms with van der Waals surface area (Å²) in [6.45, 7) is 2.30. The summed E-state index contributed by atoms with van der Waals surface area (Å²) in [7, 11) is 0. The fourth-order valence-electron chi connectivity index (χ4n) is 5.97. The molecule has 248 valence electrons. The quantitative estimate of drug-likeness (QED) is 0.0520. The predicted molar refractivity (Wildman–Crippen MR) is 202 cm³/mol. The minimum absolute atomic E-state index is 0.893. The molecule has 2 aromatic rings. The van der Waals surface area contributed by atoms with Crippen molar-refractivity contribution < 1.29 is 0 Å². The number of rotatable bonds is 28. The number of para-hydroxylation sites is 2. The van der Waals surface area contributed by atoms with E-state index in [1.807, 2.05) is 36.4 Å². The van der Waals surface area contributed by atoms with E-state index in [-0.39, 0.29) is 0 Å². The van der Waals surface area contributed by atoms with Gasteiger partial charge in [-0.05, 0) is 36.6 Å². The molecule has 0 saturated carbocycles. The second-order valence-corrected chi connectivity index (χ2v) is 12.9. The van der Waals surface area contributed by atoms with Gasteiger partial charge in [0.2, 0.25) is 0 Å². The van der Waals surface area contributed by atoms with Crippen LogP contribution in [0.1, 0.15) is 173 Å². The first-order chi connectivity index (χ1) is 22.4. The molecule has 0 radical (unpaired) electrons. The second-order valence-electron chi connectivity index (χ2n) is 12.9. The van der Waals surface area contributed by atoms with Gasteiger partial charge >= 0.3 is 0 Å². The summed E-state index contributed by atoms with van der Waals surface area (Å²) in [6, 6.07) is 18.3. The third kappa shape index (κ3) is 23.4. The zero-order valence-electron chi connectivity index (χ0n) is 29.1. The highest BCUT2D eigenvalue weighted by Gasteiger charge is 1.99. The Morgan fingerprint density at radius 3 is 1.40 bits per heavy atom. The van der Waals surface area contributed by atoms with Crippen LogP contribution in [0.4, 0.5) is 11.4 Å². The van der Waals surface area contributed by atoms with Crippen molar-refractivity contribution in [2.45, 2.75) is 174 Å². The minimum Gasteiger partial charge on any atom is -0.255 e. The summed E-state index contributed by atoms with van der Waals surface area (Å²) in [5.74, 6) is 6.79. The minimum atomic E-state index is 0.893. The molecular weight excluding hydrogens is 544 g/mol. The van der Waals surface area contributed by atoms with Crippen molar-refractivity contribution in [3.8, 4) is 11.8 Å². The third-order valence-corrected chi connectivity index (χ3v) is 8.80. The molecule has 2 aromatic carbocycles. The number of nitrogens with zero attached hydrogens (tertiary/aromatic N) is 2. The standard InChI is InChI=1S/C43H66N2/c1-2-3-4-5-6-7-8-9-10-11-12-13-14-15-16-17-18-19-20-21-22-23-24-25-26-27-29-34-41-35-32-33-38-43(41)45-40-39-44-42-36-30-28-31-37-42/h28,30-33,35-40H,2-25,29,34H2,1H3. The Labute approximate surface area is 279 Å². The lowest BCUT2D eigenvalue weighted by Gasteiger charge is -2.04. The molecule has 2 nitrogen and oxygen atoms in total. The van der Waals surface area contributed by atoms with Crippen LogP contribution in [0.15, 0.2) is 64.6 Å². The number of aryl methyl sites for hydroxylation is 1. The zero-order valence-corrected chi connectivity index (χ0v) is 29.1. The molecule has 0 aliphatic rings. The Kier molecular flexibility index (Phi) is 25.7. The van der Waals surface area contributed by atoms with E-state index in [4.69, 9.17) is 0 Å². The first-order valence-electron chi connectivity index (χ1n) is 19.1. The Morgan fingerprint density at radius 2 is 0.867 bits per heavy atom. The summed E-state index contributed by atoms with van der Waals surface area (Å²) in [4.78, 5) is 9.04. The summed E-state index contributed by atoms with van der Waals surface area (Å²) in [6.07, 6.45) is 39.4. The van der Waals surface area contributed by atoms with Crippen LogP contribution < -0.4 is 0 Å². The van der Waals surface area contributed by atoms with Crippen molar-refractivity contribution in [1.82, 2.24) is 0 Å². The molecule has 0 fully saturated rings. The van der Waals surface area contributed by atoms with E-state index in [0.29, 0.717) is 0 Å². The van der Waals surface area contributed by atoms with Gasteiger partial charge in [0.05, 0.1) is 11.4 Å². The smallest absolute Gasteiger partial charge is 0.0662 e. The summed E-state index contributed by atoms with van der Waals surface area (Å²) >= 11 is 0. The van der Waals surface area contributed by atoms with Gasteiger partial charge in [0.25, 0.3) is 0 Å². The summed E-state index contributed by atoms with van der Waals surface area (Å²) in [5, 5.41) is 0. The second kappa shape index (κ2) is 30.0. The van der Waals surface area contributed by atoms with Crippen LogP contribution in [0.25, 0.3) is 0 Å². The van der Waals surface area contributed by atoms with Gasteiger partial charge in [-0.3, -0.25) is 9.98 Å². The number of benzene rings is 2. The van der Waals surface area contributed by atoms with Gasteiger partial charge in [-0.1, -0.05) is 185 Å². The number of hydrogen-bond donors (Lipinski definition) is 0. The fraction of sp³-hybridized carbons (Fsp3) is 0.628. The van der Waals surface area contributed by atoms with E-state index in [9.17, 15) is 0 Å². The molecule has 0 bridgehead atoms. The van der Waals surface area contributed by atoms with Crippen LogP contribution in [-0.2, 0) is 6.42 Å². The summed E-state index contributed by atoms with van der Waals surface area (Å²) in [5.41, 5.74) is 3.19. The molecule has 2 heteroatoms. The van der Waals surface area contributed by atoms with E-state index in [2.05, 4.69) is 46.9 Å². The zero-order chi connectivity index (χ0) is 31.7. The SMILES string of the molecule is CCCCCCCCCCCCCCCCCCCCCCCCCC#CCCc1ccccc1N=CC=Nc1ccccc1. The van der Waals surface area contributed by atoms with E-state index in [0.717, 1.165) is 30.6 Å². The number of hydrogen-bond acceptors (Lipinski definition) is 2. The van der Waals surface area contributed by atoms with Gasteiger partial charge in [0.1, 0.15) is 0 Å². The highest BCUT2D eigenvalue weighted by atomic mass is 14.8. The van der Waals surface area contributed by atoms with Gasteiger partial charge < -0.3 is 0 Å². The van der Waals surface area contributed by atoms with Crippen LogP contribution in [0.5, 0.6) is 0 Å². The number of aliphatic imine (C=N–C) groups is 2. The van der Waals surface area contributed by atoms with E-state index in [1.165, 1.54) is 153 Å². The van der Waals surface area contributed by atoms with E-state index >= 15 is 0 Å². The van der Waals surface area contributed by atoms with Crippen LogP contribution in [0.2, 0.25) is 0 Å². The molecule has 0 atom stereocenters. The number of unbranched alkanes of at least 4 members (excludes halogenated alkanes) is 23. The van der Waals surface area contributed by atoms with E-state index in [1.54, 1.807) is 12.4 Å². The third-order valence-electron chi connectivity index (χ3n) is 8.80. The predicted octanol–water partition coefficient (Wildman–Crippen LogP) is 14.1. The van der Waals surface area contributed by atoms with Crippen LogP contribution in [0.3, 0.4) is 0 Å². The molecular formula is C43H66N2. The molecule has 0 saturated heterocycles. The Hall–Kier alpha value is -2.66. The van der Waals surface area contributed by atoms with Crippen molar-refractivity contribution in [1.29, 1.82) is 0 Å². The maximum Gasteiger partial charge on any atom is 0.0662 e. The maximum atomic E-state index is 4.61. The molecule has 2 rings (SSSR count). The average molecular weight is 611 g/mol. The van der Waals surface area contributed by atoms with Gasteiger partial charge in [0, 0.05) is 25.3 Å². The van der Waals surface area contributed by atoms with Crippen molar-refractivity contribution in [2.24, 2.45) is 9.98 Å². The lowest BCUT2D eigenvalue weighted by atomic mass is 10.0. The lowest BCUT2D eigenvalue weighted by molar-refractivity contribution is 0.518. The maximum absolute atomic E-state index is 4.61. The van der Waals surface area contributed by atoms with Crippen molar-refractivity contribution in [2.75, 3.05) is 0 Å². The molecule has 0 aliphatic carbocycles. The molecule has 0 aliphatic heterocycles. The van der Waals surface area contributed by atoms with E-state index < -0.39 is 0 Å². The van der Waals surface area contributed by atoms with Crippen LogP contribution in [-0.4, -0.2) is 12.4 Å². The molecule has 0 spiro atoms. The Bertz CT molecular complexity index is 1040. The van der Waals surface area contributed by atoms with Gasteiger partial charge in [0.15, 0.2) is 0 Å². The topological polar surface area (TPSA) is 24.7 Å². The highest BCUT2D eigenvalue weighted by molar-refractivity contribution is 6.17.